The minimum atomic E-state index is 0.980. The van der Waals surface area contributed by atoms with Crippen LogP contribution in [0.4, 0.5) is 0 Å². The number of rotatable bonds is 4. The van der Waals surface area contributed by atoms with Crippen molar-refractivity contribution in [3.8, 4) is 0 Å². The van der Waals surface area contributed by atoms with Gasteiger partial charge in [0.15, 0.2) is 0 Å². The summed E-state index contributed by atoms with van der Waals surface area (Å²) in [5.74, 6) is 1.99. The maximum absolute atomic E-state index is 5.23. The van der Waals surface area contributed by atoms with Gasteiger partial charge in [0.2, 0.25) is 0 Å². The molecule has 1 saturated carbocycles. The molecule has 0 unspecified atom stereocenters. The number of nitrogens with zero attached hydrogens (tertiary/aromatic N) is 3. The predicted molar refractivity (Wildman–Crippen MR) is 70.4 cm³/mol. The first-order chi connectivity index (χ1) is 8.72. The Hall–Kier alpha value is -0.870. The topological polar surface area (TPSA) is 32.5 Å². The Kier molecular flexibility index (Phi) is 3.39. The molecule has 1 aliphatic carbocycles. The molecule has 2 heterocycles. The van der Waals surface area contributed by atoms with Crippen LogP contribution in [-0.4, -0.2) is 47.7 Å². The van der Waals surface area contributed by atoms with E-state index in [-0.39, 0.29) is 0 Å². The van der Waals surface area contributed by atoms with Crippen LogP contribution in [0, 0.1) is 19.8 Å². The lowest BCUT2D eigenvalue weighted by atomic mass is 10.1. The van der Waals surface area contributed by atoms with Crippen LogP contribution in [0.15, 0.2) is 4.52 Å². The first kappa shape index (κ1) is 12.2. The Balaban J connectivity index is 1.50. The molecular formula is C14H23N3O. The highest BCUT2D eigenvalue weighted by Crippen LogP contribution is 2.30. The summed E-state index contributed by atoms with van der Waals surface area (Å²) in [6, 6.07) is 0. The molecule has 0 spiro atoms. The minimum absolute atomic E-state index is 0.980. The van der Waals surface area contributed by atoms with Crippen molar-refractivity contribution in [2.45, 2.75) is 33.2 Å². The Labute approximate surface area is 109 Å². The molecule has 1 aromatic rings. The molecule has 1 saturated heterocycles. The van der Waals surface area contributed by atoms with Crippen LogP contribution in [0.5, 0.6) is 0 Å². The van der Waals surface area contributed by atoms with E-state index in [4.69, 9.17) is 4.52 Å². The van der Waals surface area contributed by atoms with Gasteiger partial charge in [-0.1, -0.05) is 5.16 Å². The number of hydrogen-bond donors (Lipinski definition) is 0. The van der Waals surface area contributed by atoms with Crippen molar-refractivity contribution in [2.24, 2.45) is 5.92 Å². The second kappa shape index (κ2) is 5.02. The van der Waals surface area contributed by atoms with E-state index >= 15 is 0 Å². The fourth-order valence-corrected chi connectivity index (χ4v) is 2.75. The summed E-state index contributed by atoms with van der Waals surface area (Å²) < 4.78 is 5.23. The molecule has 0 N–H and O–H groups in total. The Morgan fingerprint density at radius 1 is 1.11 bits per heavy atom. The zero-order valence-electron chi connectivity index (χ0n) is 11.5. The van der Waals surface area contributed by atoms with E-state index in [2.05, 4.69) is 15.0 Å². The van der Waals surface area contributed by atoms with Gasteiger partial charge in [-0.25, -0.2) is 0 Å². The van der Waals surface area contributed by atoms with Crippen molar-refractivity contribution in [3.05, 3.63) is 17.0 Å². The second-order valence-electron chi connectivity index (χ2n) is 5.82. The molecule has 0 amide bonds. The van der Waals surface area contributed by atoms with E-state index in [0.717, 1.165) is 23.9 Å². The van der Waals surface area contributed by atoms with Gasteiger partial charge in [-0.15, -0.1) is 0 Å². The lowest BCUT2D eigenvalue weighted by molar-refractivity contribution is 0.123. The van der Waals surface area contributed by atoms with Crippen LogP contribution < -0.4 is 0 Å². The lowest BCUT2D eigenvalue weighted by Crippen LogP contribution is -2.46. The van der Waals surface area contributed by atoms with Crippen molar-refractivity contribution in [3.63, 3.8) is 0 Å². The molecule has 4 nitrogen and oxygen atoms in total. The number of aryl methyl sites for hydroxylation is 2. The third kappa shape index (κ3) is 2.75. The first-order valence-corrected chi connectivity index (χ1v) is 7.09. The Morgan fingerprint density at radius 3 is 2.33 bits per heavy atom. The summed E-state index contributed by atoms with van der Waals surface area (Å²) in [5.41, 5.74) is 2.33. The van der Waals surface area contributed by atoms with Gasteiger partial charge in [-0.05, 0) is 32.6 Å². The van der Waals surface area contributed by atoms with Crippen LogP contribution in [0.25, 0.3) is 0 Å². The predicted octanol–water partition coefficient (Wildman–Crippen LogP) is 1.82. The SMILES string of the molecule is Cc1noc(C)c1CN1CCN(CC2CC2)CC1. The van der Waals surface area contributed by atoms with E-state index < -0.39 is 0 Å². The average molecular weight is 249 g/mol. The first-order valence-electron chi connectivity index (χ1n) is 7.09. The number of aromatic nitrogens is 1. The van der Waals surface area contributed by atoms with Crippen molar-refractivity contribution >= 4 is 0 Å². The van der Waals surface area contributed by atoms with Crippen LogP contribution >= 0.6 is 0 Å². The molecule has 1 aromatic heterocycles. The average Bonchev–Trinajstić information content (AvgIpc) is 3.13. The summed E-state index contributed by atoms with van der Waals surface area (Å²) in [4.78, 5) is 5.15. The molecular weight excluding hydrogens is 226 g/mol. The fourth-order valence-electron chi connectivity index (χ4n) is 2.75. The second-order valence-corrected chi connectivity index (χ2v) is 5.82. The molecule has 0 bridgehead atoms. The zero-order chi connectivity index (χ0) is 12.5. The van der Waals surface area contributed by atoms with Crippen molar-refractivity contribution in [1.82, 2.24) is 15.0 Å². The van der Waals surface area contributed by atoms with Crippen LogP contribution in [0.1, 0.15) is 29.9 Å². The molecule has 2 aliphatic rings. The minimum Gasteiger partial charge on any atom is -0.361 e. The molecule has 0 atom stereocenters. The maximum atomic E-state index is 5.23. The third-order valence-electron chi connectivity index (χ3n) is 4.24. The van der Waals surface area contributed by atoms with Crippen molar-refractivity contribution in [2.75, 3.05) is 32.7 Å². The normalized spacial score (nSPS) is 22.6. The molecule has 3 rings (SSSR count). The van der Waals surface area contributed by atoms with Crippen molar-refractivity contribution in [1.29, 1.82) is 0 Å². The summed E-state index contributed by atoms with van der Waals surface area (Å²) in [6.07, 6.45) is 2.92. The highest BCUT2D eigenvalue weighted by Gasteiger charge is 2.26. The zero-order valence-corrected chi connectivity index (χ0v) is 11.5. The summed E-state index contributed by atoms with van der Waals surface area (Å²) in [5, 5.41) is 4.03. The molecule has 100 valence electrons. The van der Waals surface area contributed by atoms with Crippen LogP contribution in [0.3, 0.4) is 0 Å². The lowest BCUT2D eigenvalue weighted by Gasteiger charge is -2.34. The van der Waals surface area contributed by atoms with Crippen LogP contribution in [0.2, 0.25) is 0 Å². The van der Waals surface area contributed by atoms with Gasteiger partial charge in [0.25, 0.3) is 0 Å². The van der Waals surface area contributed by atoms with E-state index in [0.29, 0.717) is 0 Å². The molecule has 18 heavy (non-hydrogen) atoms. The molecule has 1 aliphatic heterocycles. The van der Waals surface area contributed by atoms with E-state index in [1.165, 1.54) is 51.1 Å². The van der Waals surface area contributed by atoms with Gasteiger partial charge in [0.1, 0.15) is 5.76 Å². The number of hydrogen-bond acceptors (Lipinski definition) is 4. The highest BCUT2D eigenvalue weighted by atomic mass is 16.5. The van der Waals surface area contributed by atoms with E-state index in [1.807, 2.05) is 13.8 Å². The number of piperazine rings is 1. The maximum Gasteiger partial charge on any atom is 0.138 e. The molecule has 0 radical (unpaired) electrons. The highest BCUT2D eigenvalue weighted by molar-refractivity contribution is 5.20. The van der Waals surface area contributed by atoms with E-state index in [9.17, 15) is 0 Å². The van der Waals surface area contributed by atoms with Gasteiger partial charge in [0.05, 0.1) is 5.69 Å². The largest absolute Gasteiger partial charge is 0.361 e. The summed E-state index contributed by atoms with van der Waals surface area (Å²) in [6.45, 7) is 11.2. The Morgan fingerprint density at radius 2 is 1.78 bits per heavy atom. The van der Waals surface area contributed by atoms with Crippen molar-refractivity contribution < 1.29 is 4.52 Å². The van der Waals surface area contributed by atoms with Gasteiger partial charge >= 0.3 is 0 Å². The monoisotopic (exact) mass is 249 g/mol. The van der Waals surface area contributed by atoms with Crippen LogP contribution in [-0.2, 0) is 6.54 Å². The van der Waals surface area contributed by atoms with E-state index in [1.54, 1.807) is 0 Å². The quantitative estimate of drug-likeness (QED) is 0.815. The fraction of sp³-hybridized carbons (Fsp3) is 0.786. The third-order valence-corrected chi connectivity index (χ3v) is 4.24. The van der Waals surface area contributed by atoms with Gasteiger partial charge < -0.3 is 9.42 Å². The summed E-state index contributed by atoms with van der Waals surface area (Å²) in [7, 11) is 0. The molecule has 2 fully saturated rings. The molecule has 4 heteroatoms. The van der Waals surface area contributed by atoms with Gasteiger partial charge in [-0.2, -0.15) is 0 Å². The van der Waals surface area contributed by atoms with Gasteiger partial charge in [0, 0.05) is 44.8 Å². The standard InChI is InChI=1S/C14H23N3O/c1-11-14(12(2)18-15-11)10-17-7-5-16(6-8-17)9-13-3-4-13/h13H,3-10H2,1-2H3. The molecule has 0 aromatic carbocycles. The Bertz CT molecular complexity index is 384. The smallest absolute Gasteiger partial charge is 0.138 e. The van der Waals surface area contributed by atoms with Gasteiger partial charge in [-0.3, -0.25) is 4.90 Å². The summed E-state index contributed by atoms with van der Waals surface area (Å²) >= 11 is 0.